The SMILES string of the molecule is CCCC(=O)Nc1cccc(CNC(=O)c2ccc(SCc3cn4ccccc4n3)cc2)c1. The summed E-state index contributed by atoms with van der Waals surface area (Å²) >= 11 is 1.69. The van der Waals surface area contributed by atoms with Crippen LogP contribution < -0.4 is 10.6 Å². The first-order chi connectivity index (χ1) is 16.1. The molecular weight excluding hydrogens is 432 g/mol. The van der Waals surface area contributed by atoms with Crippen LogP contribution in [0.3, 0.4) is 0 Å². The highest BCUT2D eigenvalue weighted by atomic mass is 32.2. The number of hydrogen-bond donors (Lipinski definition) is 2. The number of carbonyl (C=O) groups excluding carboxylic acids is 2. The zero-order valence-corrected chi connectivity index (χ0v) is 19.3. The quantitative estimate of drug-likeness (QED) is 0.334. The van der Waals surface area contributed by atoms with Gasteiger partial charge in [-0.1, -0.05) is 25.1 Å². The Morgan fingerprint density at radius 1 is 1.03 bits per heavy atom. The van der Waals surface area contributed by atoms with E-state index < -0.39 is 0 Å². The second-order valence-electron chi connectivity index (χ2n) is 7.69. The van der Waals surface area contributed by atoms with Crippen molar-refractivity contribution in [1.82, 2.24) is 14.7 Å². The van der Waals surface area contributed by atoms with E-state index in [0.29, 0.717) is 18.5 Å². The molecule has 0 bridgehead atoms. The third-order valence-corrected chi connectivity index (χ3v) is 6.10. The predicted octanol–water partition coefficient (Wildman–Crippen LogP) is 5.30. The number of nitrogens with zero attached hydrogens (tertiary/aromatic N) is 2. The van der Waals surface area contributed by atoms with Crippen molar-refractivity contribution in [2.45, 2.75) is 37.0 Å². The minimum Gasteiger partial charge on any atom is -0.348 e. The lowest BCUT2D eigenvalue weighted by Gasteiger charge is -2.09. The Bertz CT molecular complexity index is 1220. The number of nitrogens with one attached hydrogen (secondary N) is 2. The van der Waals surface area contributed by atoms with E-state index in [0.717, 1.165) is 39.7 Å². The molecule has 168 valence electrons. The molecular formula is C26H26N4O2S. The van der Waals surface area contributed by atoms with E-state index in [1.54, 1.807) is 11.8 Å². The molecule has 0 radical (unpaired) electrons. The zero-order valence-electron chi connectivity index (χ0n) is 18.5. The Balaban J connectivity index is 1.29. The van der Waals surface area contributed by atoms with Gasteiger partial charge in [0.05, 0.1) is 5.69 Å². The van der Waals surface area contributed by atoms with E-state index in [9.17, 15) is 9.59 Å². The van der Waals surface area contributed by atoms with Crippen molar-refractivity contribution in [3.8, 4) is 0 Å². The highest BCUT2D eigenvalue weighted by Gasteiger charge is 2.08. The van der Waals surface area contributed by atoms with Crippen LogP contribution in [0.1, 0.15) is 41.4 Å². The van der Waals surface area contributed by atoms with Gasteiger partial charge in [0.1, 0.15) is 5.65 Å². The lowest BCUT2D eigenvalue weighted by atomic mass is 10.1. The lowest BCUT2D eigenvalue weighted by Crippen LogP contribution is -2.22. The maximum absolute atomic E-state index is 12.6. The number of pyridine rings is 1. The fourth-order valence-electron chi connectivity index (χ4n) is 3.41. The van der Waals surface area contributed by atoms with Crippen molar-refractivity contribution in [1.29, 1.82) is 0 Å². The molecule has 7 heteroatoms. The molecule has 0 fully saturated rings. The number of carbonyl (C=O) groups is 2. The predicted molar refractivity (Wildman–Crippen MR) is 132 cm³/mol. The summed E-state index contributed by atoms with van der Waals surface area (Å²) in [5, 5.41) is 5.82. The summed E-state index contributed by atoms with van der Waals surface area (Å²) in [4.78, 5) is 30.0. The van der Waals surface area contributed by atoms with E-state index in [1.807, 2.05) is 90.4 Å². The Hall–Kier alpha value is -3.58. The van der Waals surface area contributed by atoms with Crippen molar-refractivity contribution in [2.24, 2.45) is 0 Å². The van der Waals surface area contributed by atoms with Crippen molar-refractivity contribution in [3.05, 3.63) is 95.9 Å². The molecule has 2 amide bonds. The molecule has 0 saturated carbocycles. The molecule has 2 heterocycles. The maximum atomic E-state index is 12.6. The molecule has 33 heavy (non-hydrogen) atoms. The van der Waals surface area contributed by atoms with Crippen molar-refractivity contribution in [2.75, 3.05) is 5.32 Å². The molecule has 4 rings (SSSR count). The smallest absolute Gasteiger partial charge is 0.251 e. The zero-order chi connectivity index (χ0) is 23.0. The van der Waals surface area contributed by atoms with Crippen LogP contribution in [-0.2, 0) is 17.1 Å². The molecule has 6 nitrogen and oxygen atoms in total. The van der Waals surface area contributed by atoms with Gasteiger partial charge in [0.15, 0.2) is 0 Å². The Kier molecular flexibility index (Phi) is 7.42. The Morgan fingerprint density at radius 2 is 1.88 bits per heavy atom. The van der Waals surface area contributed by atoms with Gasteiger partial charge in [-0.15, -0.1) is 11.8 Å². The van der Waals surface area contributed by atoms with Gasteiger partial charge < -0.3 is 15.0 Å². The standard InChI is InChI=1S/C26H26N4O2S/c1-2-6-25(31)29-21-8-5-7-19(15-21)16-27-26(32)20-10-12-23(13-11-20)33-18-22-17-30-14-4-3-9-24(30)28-22/h3-5,7-15,17H,2,6,16,18H2,1H3,(H,27,32)(H,29,31). The summed E-state index contributed by atoms with van der Waals surface area (Å²) in [5.41, 5.74) is 4.24. The average molecular weight is 459 g/mol. The summed E-state index contributed by atoms with van der Waals surface area (Å²) in [5.74, 6) is 0.628. The molecule has 2 N–H and O–H groups in total. The summed E-state index contributed by atoms with van der Waals surface area (Å²) in [7, 11) is 0. The van der Waals surface area contributed by atoms with E-state index in [1.165, 1.54) is 0 Å². The first kappa shape index (κ1) is 22.6. The number of amides is 2. The highest BCUT2D eigenvalue weighted by Crippen LogP contribution is 2.23. The summed E-state index contributed by atoms with van der Waals surface area (Å²) in [6.07, 6.45) is 5.32. The molecule has 0 spiro atoms. The number of rotatable bonds is 9. The first-order valence-corrected chi connectivity index (χ1v) is 11.9. The third-order valence-electron chi connectivity index (χ3n) is 5.06. The number of thioether (sulfide) groups is 1. The monoisotopic (exact) mass is 458 g/mol. The van der Waals surface area contributed by atoms with Crippen LogP contribution in [0.2, 0.25) is 0 Å². The van der Waals surface area contributed by atoms with Gasteiger partial charge in [0.2, 0.25) is 5.91 Å². The summed E-state index contributed by atoms with van der Waals surface area (Å²) in [6, 6.07) is 21.1. The van der Waals surface area contributed by atoms with E-state index >= 15 is 0 Å². The van der Waals surface area contributed by atoms with Crippen LogP contribution in [-0.4, -0.2) is 21.2 Å². The van der Waals surface area contributed by atoms with E-state index in [4.69, 9.17) is 0 Å². The molecule has 0 atom stereocenters. The summed E-state index contributed by atoms with van der Waals surface area (Å²) < 4.78 is 2.01. The highest BCUT2D eigenvalue weighted by molar-refractivity contribution is 7.98. The average Bonchev–Trinajstić information content (AvgIpc) is 3.25. The number of benzene rings is 2. The molecule has 2 aromatic carbocycles. The second-order valence-corrected chi connectivity index (χ2v) is 8.74. The molecule has 0 aliphatic carbocycles. The van der Waals surface area contributed by atoms with Crippen LogP contribution in [0.4, 0.5) is 5.69 Å². The first-order valence-electron chi connectivity index (χ1n) is 10.9. The van der Waals surface area contributed by atoms with Gasteiger partial charge in [0.25, 0.3) is 5.91 Å². The molecule has 0 unspecified atom stereocenters. The number of aromatic nitrogens is 2. The minimum absolute atomic E-state index is 0.00201. The van der Waals surface area contributed by atoms with Crippen molar-refractivity contribution < 1.29 is 9.59 Å². The molecule has 0 saturated heterocycles. The summed E-state index contributed by atoms with van der Waals surface area (Å²) in [6.45, 7) is 2.36. The van der Waals surface area contributed by atoms with Crippen LogP contribution in [0, 0.1) is 0 Å². The second kappa shape index (κ2) is 10.8. The van der Waals surface area contributed by atoms with Gasteiger partial charge in [-0.05, 0) is 60.5 Å². The van der Waals surface area contributed by atoms with Crippen LogP contribution in [0.15, 0.2) is 84.0 Å². The van der Waals surface area contributed by atoms with E-state index in [-0.39, 0.29) is 11.8 Å². The van der Waals surface area contributed by atoms with Gasteiger partial charge in [-0.25, -0.2) is 4.98 Å². The van der Waals surface area contributed by atoms with Crippen molar-refractivity contribution in [3.63, 3.8) is 0 Å². The minimum atomic E-state index is -0.132. The molecule has 4 aromatic rings. The van der Waals surface area contributed by atoms with Crippen LogP contribution in [0.25, 0.3) is 5.65 Å². The third kappa shape index (κ3) is 6.23. The number of anilines is 1. The molecule has 0 aliphatic heterocycles. The van der Waals surface area contributed by atoms with Gasteiger partial charge in [-0.3, -0.25) is 9.59 Å². The van der Waals surface area contributed by atoms with Crippen LogP contribution >= 0.6 is 11.8 Å². The van der Waals surface area contributed by atoms with Gasteiger partial charge in [-0.2, -0.15) is 0 Å². The topological polar surface area (TPSA) is 75.5 Å². The molecule has 2 aromatic heterocycles. The van der Waals surface area contributed by atoms with Crippen LogP contribution in [0.5, 0.6) is 0 Å². The number of fused-ring (bicyclic) bond motifs is 1. The molecule has 0 aliphatic rings. The lowest BCUT2D eigenvalue weighted by molar-refractivity contribution is -0.116. The Labute approximate surface area is 197 Å². The Morgan fingerprint density at radius 3 is 2.67 bits per heavy atom. The van der Waals surface area contributed by atoms with Crippen molar-refractivity contribution >= 4 is 34.9 Å². The largest absolute Gasteiger partial charge is 0.348 e. The van der Waals surface area contributed by atoms with E-state index in [2.05, 4.69) is 15.6 Å². The fraction of sp³-hybridized carbons (Fsp3) is 0.192. The maximum Gasteiger partial charge on any atom is 0.251 e. The van der Waals surface area contributed by atoms with Gasteiger partial charge in [0, 0.05) is 47.3 Å². The van der Waals surface area contributed by atoms with Gasteiger partial charge >= 0.3 is 0 Å². The fourth-order valence-corrected chi connectivity index (χ4v) is 4.19. The number of hydrogen-bond acceptors (Lipinski definition) is 4. The normalized spacial score (nSPS) is 10.8. The number of imidazole rings is 1.